The Kier molecular flexibility index (Phi) is 4.65. The second-order valence-electron chi connectivity index (χ2n) is 4.17. The lowest BCUT2D eigenvalue weighted by Gasteiger charge is -2.22. The number of alkyl halides is 3. The van der Waals surface area contributed by atoms with E-state index in [0.29, 0.717) is 6.07 Å². The van der Waals surface area contributed by atoms with E-state index in [9.17, 15) is 26.0 Å². The fraction of sp³-hybridized carbons (Fsp3) is 0.455. The maximum absolute atomic E-state index is 13.5. The Bertz CT molecular complexity index is 576. The molecule has 0 aliphatic carbocycles. The van der Waals surface area contributed by atoms with Crippen molar-refractivity contribution in [2.45, 2.75) is 24.9 Å². The van der Waals surface area contributed by atoms with Crippen LogP contribution in [0.25, 0.3) is 0 Å². The molecular formula is C11H14F4N2O2S. The summed E-state index contributed by atoms with van der Waals surface area (Å²) in [5, 5.41) is 0. The summed E-state index contributed by atoms with van der Waals surface area (Å²) in [7, 11) is -4.45. The van der Waals surface area contributed by atoms with Gasteiger partial charge in [-0.15, -0.1) is 0 Å². The fourth-order valence-corrected chi connectivity index (χ4v) is 3.02. The Morgan fingerprint density at radius 2 is 1.85 bits per heavy atom. The highest BCUT2D eigenvalue weighted by Crippen LogP contribution is 2.26. The first-order valence-corrected chi connectivity index (χ1v) is 7.05. The van der Waals surface area contributed by atoms with Gasteiger partial charge in [-0.3, -0.25) is 0 Å². The highest BCUT2D eigenvalue weighted by molar-refractivity contribution is 7.89. The van der Waals surface area contributed by atoms with E-state index in [0.717, 1.165) is 6.07 Å². The van der Waals surface area contributed by atoms with Crippen LogP contribution in [0, 0.1) is 12.7 Å². The Morgan fingerprint density at radius 3 is 2.25 bits per heavy atom. The molecule has 0 unspecified atom stereocenters. The molecule has 0 amide bonds. The first kappa shape index (κ1) is 16.7. The number of nitrogens with two attached hydrogens (primary N) is 1. The number of benzene rings is 1. The molecule has 0 aromatic heterocycles. The summed E-state index contributed by atoms with van der Waals surface area (Å²) >= 11 is 0. The van der Waals surface area contributed by atoms with Gasteiger partial charge in [0.05, 0.1) is 4.90 Å². The summed E-state index contributed by atoms with van der Waals surface area (Å²) in [5.41, 5.74) is 5.35. The van der Waals surface area contributed by atoms with Crippen LogP contribution in [0.4, 0.5) is 23.2 Å². The van der Waals surface area contributed by atoms with Crippen molar-refractivity contribution < 1.29 is 26.0 Å². The molecule has 1 aromatic rings. The van der Waals surface area contributed by atoms with Crippen LogP contribution in [0.2, 0.25) is 0 Å². The number of sulfonamides is 1. The zero-order chi connectivity index (χ0) is 15.7. The van der Waals surface area contributed by atoms with E-state index < -0.39 is 40.0 Å². The summed E-state index contributed by atoms with van der Waals surface area (Å²) in [6.07, 6.45) is -4.68. The van der Waals surface area contributed by atoms with E-state index in [2.05, 4.69) is 0 Å². The Morgan fingerprint density at radius 1 is 1.30 bits per heavy atom. The number of rotatable bonds is 4. The zero-order valence-corrected chi connectivity index (χ0v) is 11.6. The Hall–Kier alpha value is -1.35. The van der Waals surface area contributed by atoms with Gasteiger partial charge in [-0.2, -0.15) is 17.5 Å². The fourth-order valence-electron chi connectivity index (χ4n) is 1.54. The number of nitrogen functional groups attached to an aromatic ring is 1. The van der Waals surface area contributed by atoms with Crippen molar-refractivity contribution in [3.8, 4) is 0 Å². The van der Waals surface area contributed by atoms with Crippen molar-refractivity contribution in [1.82, 2.24) is 4.31 Å². The van der Waals surface area contributed by atoms with Crippen molar-refractivity contribution >= 4 is 15.7 Å². The first-order valence-electron chi connectivity index (χ1n) is 5.61. The second-order valence-corrected chi connectivity index (χ2v) is 6.10. The largest absolute Gasteiger partial charge is 0.402 e. The van der Waals surface area contributed by atoms with Gasteiger partial charge < -0.3 is 5.73 Å². The molecule has 20 heavy (non-hydrogen) atoms. The monoisotopic (exact) mass is 314 g/mol. The first-order chi connectivity index (χ1) is 8.99. The lowest BCUT2D eigenvalue weighted by molar-refractivity contribution is -0.135. The molecule has 0 spiro atoms. The quantitative estimate of drug-likeness (QED) is 0.685. The van der Waals surface area contributed by atoms with Gasteiger partial charge in [-0.1, -0.05) is 6.92 Å². The smallest absolute Gasteiger partial charge is 0.398 e. The van der Waals surface area contributed by atoms with Gasteiger partial charge in [0.25, 0.3) is 0 Å². The van der Waals surface area contributed by atoms with E-state index in [1.807, 2.05) is 0 Å². The maximum atomic E-state index is 13.5. The summed E-state index contributed by atoms with van der Waals surface area (Å²) in [5.74, 6) is -0.883. The van der Waals surface area contributed by atoms with Crippen molar-refractivity contribution in [1.29, 1.82) is 0 Å². The molecule has 0 aliphatic rings. The number of hydrogen-bond donors (Lipinski definition) is 1. The second kappa shape index (κ2) is 5.57. The minimum absolute atomic E-state index is 0.0443. The standard InChI is InChI=1S/C11H14F4N2O2S/c1-3-17(6-11(13,14)15)20(18,19)8-4-9(12)7(2)10(16)5-8/h4-5H,3,6,16H2,1-2H3. The van der Waals surface area contributed by atoms with Crippen LogP contribution in [0.5, 0.6) is 0 Å². The molecule has 114 valence electrons. The Labute approximate surface area is 114 Å². The summed E-state index contributed by atoms with van der Waals surface area (Å²) in [6.45, 7) is 0.573. The van der Waals surface area contributed by atoms with Gasteiger partial charge in [0.15, 0.2) is 0 Å². The van der Waals surface area contributed by atoms with Gasteiger partial charge in [0, 0.05) is 17.8 Å². The molecule has 0 atom stereocenters. The van der Waals surface area contributed by atoms with E-state index in [1.54, 1.807) is 0 Å². The van der Waals surface area contributed by atoms with Crippen LogP contribution in [-0.2, 0) is 10.0 Å². The van der Waals surface area contributed by atoms with E-state index in [-0.39, 0.29) is 15.6 Å². The van der Waals surface area contributed by atoms with Crippen molar-refractivity contribution in [2.75, 3.05) is 18.8 Å². The molecule has 0 fully saturated rings. The molecule has 0 saturated carbocycles. The van der Waals surface area contributed by atoms with Crippen LogP contribution >= 0.6 is 0 Å². The van der Waals surface area contributed by atoms with Gasteiger partial charge in [-0.05, 0) is 19.1 Å². The van der Waals surface area contributed by atoms with Crippen molar-refractivity contribution in [2.24, 2.45) is 0 Å². The lowest BCUT2D eigenvalue weighted by atomic mass is 10.2. The summed E-state index contributed by atoms with van der Waals surface area (Å²) in [6, 6.07) is 1.62. The molecule has 0 saturated heterocycles. The average Bonchev–Trinajstić information content (AvgIpc) is 2.30. The highest BCUT2D eigenvalue weighted by atomic mass is 32.2. The predicted molar refractivity (Wildman–Crippen MR) is 66.0 cm³/mol. The molecule has 1 aromatic carbocycles. The predicted octanol–water partition coefficient (Wildman–Crippen LogP) is 2.29. The number of anilines is 1. The third-order valence-electron chi connectivity index (χ3n) is 2.70. The van der Waals surface area contributed by atoms with E-state index in [1.165, 1.54) is 13.8 Å². The summed E-state index contributed by atoms with van der Waals surface area (Å²) < 4.78 is 74.9. The molecule has 2 N–H and O–H groups in total. The van der Waals surface area contributed by atoms with Crippen LogP contribution in [0.15, 0.2) is 17.0 Å². The minimum Gasteiger partial charge on any atom is -0.398 e. The van der Waals surface area contributed by atoms with E-state index >= 15 is 0 Å². The molecule has 0 heterocycles. The number of halogens is 4. The molecular weight excluding hydrogens is 300 g/mol. The average molecular weight is 314 g/mol. The van der Waals surface area contributed by atoms with Gasteiger partial charge in [0.1, 0.15) is 12.4 Å². The summed E-state index contributed by atoms with van der Waals surface area (Å²) in [4.78, 5) is -0.593. The van der Waals surface area contributed by atoms with Gasteiger partial charge in [0.2, 0.25) is 10.0 Å². The molecule has 4 nitrogen and oxygen atoms in total. The third-order valence-corrected chi connectivity index (χ3v) is 4.60. The zero-order valence-electron chi connectivity index (χ0n) is 10.8. The molecule has 0 aliphatic heterocycles. The topological polar surface area (TPSA) is 63.4 Å². The maximum Gasteiger partial charge on any atom is 0.402 e. The van der Waals surface area contributed by atoms with Crippen LogP contribution in [0.1, 0.15) is 12.5 Å². The van der Waals surface area contributed by atoms with Gasteiger partial charge in [-0.25, -0.2) is 12.8 Å². The van der Waals surface area contributed by atoms with Gasteiger partial charge >= 0.3 is 6.18 Å². The van der Waals surface area contributed by atoms with Crippen LogP contribution in [0.3, 0.4) is 0 Å². The van der Waals surface area contributed by atoms with E-state index in [4.69, 9.17) is 5.73 Å². The number of nitrogens with zero attached hydrogens (tertiary/aromatic N) is 1. The lowest BCUT2D eigenvalue weighted by Crippen LogP contribution is -2.38. The Balaban J connectivity index is 3.28. The minimum atomic E-state index is -4.68. The number of hydrogen-bond acceptors (Lipinski definition) is 3. The van der Waals surface area contributed by atoms with Crippen LogP contribution < -0.4 is 5.73 Å². The van der Waals surface area contributed by atoms with Crippen LogP contribution in [-0.4, -0.2) is 32.0 Å². The normalized spacial score (nSPS) is 12.9. The highest BCUT2D eigenvalue weighted by Gasteiger charge is 2.36. The SMILES string of the molecule is CCN(CC(F)(F)F)S(=O)(=O)c1cc(N)c(C)c(F)c1. The molecule has 9 heteroatoms. The van der Waals surface area contributed by atoms with Crippen molar-refractivity contribution in [3.05, 3.63) is 23.5 Å². The third kappa shape index (κ3) is 3.60. The molecule has 0 radical (unpaired) electrons. The molecule has 0 bridgehead atoms. The molecule has 1 rings (SSSR count). The van der Waals surface area contributed by atoms with Crippen molar-refractivity contribution in [3.63, 3.8) is 0 Å².